The van der Waals surface area contributed by atoms with E-state index in [0.717, 1.165) is 5.57 Å². The molecule has 0 aromatic carbocycles. The van der Waals surface area contributed by atoms with Gasteiger partial charge in [0.2, 0.25) is 0 Å². The summed E-state index contributed by atoms with van der Waals surface area (Å²) in [6, 6.07) is 0. The van der Waals surface area contributed by atoms with Gasteiger partial charge in [-0.05, 0) is 28.4 Å². The summed E-state index contributed by atoms with van der Waals surface area (Å²) in [5, 5.41) is 1.31. The van der Waals surface area contributed by atoms with Crippen molar-refractivity contribution in [1.82, 2.24) is 0 Å². The molecular formula is C18H14Cl2. The number of hydrogen-bond acceptors (Lipinski definition) is 0. The van der Waals surface area contributed by atoms with Gasteiger partial charge in [-0.25, -0.2) is 0 Å². The van der Waals surface area contributed by atoms with Gasteiger partial charge in [0.05, 0.1) is 10.1 Å². The Kier molecular flexibility index (Phi) is 2.31. The zero-order valence-corrected chi connectivity index (χ0v) is 12.9. The highest BCUT2D eigenvalue weighted by Gasteiger charge is 2.56. The number of allylic oxidation sites excluding steroid dienone is 14. The minimum atomic E-state index is -0.155. The van der Waals surface area contributed by atoms with Gasteiger partial charge in [0.25, 0.3) is 0 Å². The van der Waals surface area contributed by atoms with Crippen molar-refractivity contribution in [3.63, 3.8) is 0 Å². The summed E-state index contributed by atoms with van der Waals surface area (Å²) in [6.07, 6.45) is 17.2. The Bertz CT molecular complexity index is 752. The first kappa shape index (κ1) is 12.5. The van der Waals surface area contributed by atoms with Crippen molar-refractivity contribution in [1.29, 1.82) is 0 Å². The van der Waals surface area contributed by atoms with Crippen molar-refractivity contribution in [3.8, 4) is 0 Å². The van der Waals surface area contributed by atoms with Crippen LogP contribution in [-0.2, 0) is 0 Å². The van der Waals surface area contributed by atoms with Gasteiger partial charge in [-0.2, -0.15) is 0 Å². The fraction of sp³-hybridized carbons (Fsp3) is 0.222. The molecule has 0 saturated heterocycles. The molecule has 4 aliphatic carbocycles. The van der Waals surface area contributed by atoms with E-state index in [4.69, 9.17) is 23.2 Å². The zero-order valence-electron chi connectivity index (χ0n) is 11.4. The molecule has 0 radical (unpaired) electrons. The molecule has 0 unspecified atom stereocenters. The van der Waals surface area contributed by atoms with Crippen LogP contribution in [0.3, 0.4) is 0 Å². The normalized spacial score (nSPS) is 37.0. The second-order valence-electron chi connectivity index (χ2n) is 6.03. The molecule has 100 valence electrons. The van der Waals surface area contributed by atoms with Crippen LogP contribution >= 0.6 is 23.2 Å². The van der Waals surface area contributed by atoms with Crippen LogP contribution in [0.1, 0.15) is 13.8 Å². The fourth-order valence-electron chi connectivity index (χ4n) is 3.99. The third-order valence-electron chi connectivity index (χ3n) is 5.42. The molecule has 0 spiro atoms. The molecule has 0 aromatic heterocycles. The standard InChI is InChI=1S/C18H14Cl2/c1-17-11-4-3-5-12(17)8-9-14-16(20)15(19)10-13(7-6-11)18(14,17)2/h3-10H,1-2H3/t17-,18+/m1/s1. The van der Waals surface area contributed by atoms with Crippen molar-refractivity contribution in [2.24, 2.45) is 10.8 Å². The Labute approximate surface area is 129 Å². The highest BCUT2D eigenvalue weighted by atomic mass is 35.5. The van der Waals surface area contributed by atoms with Crippen LogP contribution in [0.15, 0.2) is 81.0 Å². The molecule has 20 heavy (non-hydrogen) atoms. The predicted molar refractivity (Wildman–Crippen MR) is 85.6 cm³/mol. The maximum atomic E-state index is 6.50. The van der Waals surface area contributed by atoms with Crippen molar-refractivity contribution >= 4 is 23.2 Å². The Morgan fingerprint density at radius 3 is 2.30 bits per heavy atom. The lowest BCUT2D eigenvalue weighted by atomic mass is 9.47. The van der Waals surface area contributed by atoms with Crippen LogP contribution in [0.4, 0.5) is 0 Å². The van der Waals surface area contributed by atoms with Gasteiger partial charge in [-0.1, -0.05) is 79.6 Å². The van der Waals surface area contributed by atoms with Crippen LogP contribution in [0, 0.1) is 10.8 Å². The maximum absolute atomic E-state index is 6.50. The summed E-state index contributed by atoms with van der Waals surface area (Å²) in [4.78, 5) is 0. The second kappa shape index (κ2) is 3.69. The molecule has 0 N–H and O–H groups in total. The Hall–Kier alpha value is -1.24. The molecule has 2 atom stereocenters. The number of rotatable bonds is 0. The van der Waals surface area contributed by atoms with E-state index < -0.39 is 0 Å². The minimum Gasteiger partial charge on any atom is -0.0827 e. The van der Waals surface area contributed by atoms with Gasteiger partial charge >= 0.3 is 0 Å². The molecule has 0 saturated carbocycles. The molecule has 4 rings (SSSR count). The van der Waals surface area contributed by atoms with E-state index in [1.165, 1.54) is 16.7 Å². The lowest BCUT2D eigenvalue weighted by Crippen LogP contribution is -2.47. The molecule has 0 aromatic rings. The first-order valence-corrected chi connectivity index (χ1v) is 7.53. The first-order chi connectivity index (χ1) is 9.49. The lowest BCUT2D eigenvalue weighted by Gasteiger charge is -2.56. The zero-order chi connectivity index (χ0) is 14.1. The summed E-state index contributed by atoms with van der Waals surface area (Å²) >= 11 is 12.8. The molecule has 0 amide bonds. The van der Waals surface area contributed by atoms with Gasteiger partial charge < -0.3 is 0 Å². The maximum Gasteiger partial charge on any atom is 0.0633 e. The van der Waals surface area contributed by atoms with E-state index >= 15 is 0 Å². The van der Waals surface area contributed by atoms with Gasteiger partial charge in [-0.15, -0.1) is 0 Å². The number of hydrogen-bond donors (Lipinski definition) is 0. The van der Waals surface area contributed by atoms with Gasteiger partial charge in [0, 0.05) is 10.8 Å². The van der Waals surface area contributed by atoms with Crippen molar-refractivity contribution in [2.75, 3.05) is 0 Å². The largest absolute Gasteiger partial charge is 0.0827 e. The molecule has 0 fully saturated rings. The highest BCUT2D eigenvalue weighted by molar-refractivity contribution is 6.44. The Morgan fingerprint density at radius 2 is 1.50 bits per heavy atom. The SMILES string of the molecule is C[C@]12C3=CC=CC1=CC=C1C=C(Cl)C(Cl)=C(C=C3)[C@]12C. The molecule has 0 bridgehead atoms. The summed E-state index contributed by atoms with van der Waals surface area (Å²) < 4.78 is 0. The molecule has 0 heterocycles. The van der Waals surface area contributed by atoms with Crippen LogP contribution < -0.4 is 0 Å². The first-order valence-electron chi connectivity index (χ1n) is 6.77. The topological polar surface area (TPSA) is 0 Å². The van der Waals surface area contributed by atoms with Gasteiger partial charge in [-0.3, -0.25) is 0 Å². The summed E-state index contributed by atoms with van der Waals surface area (Å²) in [6.45, 7) is 4.59. The van der Waals surface area contributed by atoms with E-state index in [1.807, 2.05) is 6.08 Å². The summed E-state index contributed by atoms with van der Waals surface area (Å²) in [5.41, 5.74) is 4.79. The molecule has 2 heteroatoms. The average molecular weight is 301 g/mol. The smallest absolute Gasteiger partial charge is 0.0633 e. The second-order valence-corrected chi connectivity index (χ2v) is 6.81. The van der Waals surface area contributed by atoms with Crippen LogP contribution in [0.25, 0.3) is 0 Å². The predicted octanol–water partition coefficient (Wildman–Crippen LogP) is 5.56. The fourth-order valence-corrected chi connectivity index (χ4v) is 4.52. The lowest BCUT2D eigenvalue weighted by molar-refractivity contribution is 0.248. The van der Waals surface area contributed by atoms with E-state index in [1.54, 1.807) is 0 Å². The van der Waals surface area contributed by atoms with Gasteiger partial charge in [0.1, 0.15) is 0 Å². The third-order valence-corrected chi connectivity index (χ3v) is 6.22. The summed E-state index contributed by atoms with van der Waals surface area (Å²) in [7, 11) is 0. The summed E-state index contributed by atoms with van der Waals surface area (Å²) in [5.74, 6) is 0. The van der Waals surface area contributed by atoms with Crippen LogP contribution in [-0.4, -0.2) is 0 Å². The van der Waals surface area contributed by atoms with Crippen molar-refractivity contribution in [3.05, 3.63) is 81.0 Å². The van der Waals surface area contributed by atoms with Crippen LogP contribution in [0.2, 0.25) is 0 Å². The quantitative estimate of drug-likeness (QED) is 0.549. The van der Waals surface area contributed by atoms with Crippen molar-refractivity contribution < 1.29 is 0 Å². The highest BCUT2D eigenvalue weighted by Crippen LogP contribution is 2.66. The Morgan fingerprint density at radius 1 is 0.800 bits per heavy atom. The van der Waals surface area contributed by atoms with E-state index in [9.17, 15) is 0 Å². The van der Waals surface area contributed by atoms with Crippen molar-refractivity contribution in [2.45, 2.75) is 13.8 Å². The molecular weight excluding hydrogens is 287 g/mol. The van der Waals surface area contributed by atoms with Crippen LogP contribution in [0.5, 0.6) is 0 Å². The monoisotopic (exact) mass is 300 g/mol. The minimum absolute atomic E-state index is 0.0792. The van der Waals surface area contributed by atoms with Gasteiger partial charge in [0.15, 0.2) is 0 Å². The average Bonchev–Trinajstić information content (AvgIpc) is 2.42. The van der Waals surface area contributed by atoms with E-state index in [2.05, 4.69) is 56.4 Å². The molecule has 4 aliphatic rings. The molecule has 0 aliphatic heterocycles. The molecule has 0 nitrogen and oxygen atoms in total. The number of halogens is 2. The third kappa shape index (κ3) is 1.17. The van der Waals surface area contributed by atoms with E-state index in [-0.39, 0.29) is 10.8 Å². The van der Waals surface area contributed by atoms with E-state index in [0.29, 0.717) is 10.1 Å². The Balaban J connectivity index is 2.16.